The number of hydrogen-bond acceptors (Lipinski definition) is 7. The molecule has 162 valence electrons. The Balaban J connectivity index is 1.39. The largest absolute Gasteiger partial charge is 0.497 e. The highest BCUT2D eigenvalue weighted by atomic mass is 35.5. The van der Waals surface area contributed by atoms with Crippen LogP contribution in [0.1, 0.15) is 11.4 Å². The number of halogens is 1. The van der Waals surface area contributed by atoms with Crippen LogP contribution in [0.25, 0.3) is 0 Å². The smallest absolute Gasteiger partial charge is 0.232 e. The summed E-state index contributed by atoms with van der Waals surface area (Å²) in [4.78, 5) is 17.0. The van der Waals surface area contributed by atoms with Gasteiger partial charge in [-0.1, -0.05) is 17.7 Å². The van der Waals surface area contributed by atoms with E-state index in [1.165, 1.54) is 10.6 Å². The Labute approximate surface area is 187 Å². The first kappa shape index (κ1) is 21.1. The second-order valence-corrected chi connectivity index (χ2v) is 8.07. The van der Waals surface area contributed by atoms with Crippen LogP contribution in [0.4, 0.5) is 23.3 Å². The van der Waals surface area contributed by atoms with Crippen LogP contribution in [-0.2, 0) is 6.54 Å². The molecule has 2 heterocycles. The summed E-state index contributed by atoms with van der Waals surface area (Å²) in [5.41, 5.74) is 9.07. The Kier molecular flexibility index (Phi) is 6.39. The van der Waals surface area contributed by atoms with E-state index in [1.807, 2.05) is 37.3 Å². The van der Waals surface area contributed by atoms with E-state index < -0.39 is 0 Å². The molecule has 1 saturated heterocycles. The van der Waals surface area contributed by atoms with Gasteiger partial charge in [0.2, 0.25) is 11.9 Å². The third-order valence-electron chi connectivity index (χ3n) is 5.46. The SMILES string of the molecule is COc1ccc(N2CC[NH+](Cc3nc(N)nc(Nc4cc(Cl)ccc4C)n3)CC2)cc1. The lowest BCUT2D eigenvalue weighted by atomic mass is 10.2. The summed E-state index contributed by atoms with van der Waals surface area (Å²) < 4.78 is 5.25. The number of quaternary nitrogens is 1. The first-order valence-corrected chi connectivity index (χ1v) is 10.6. The van der Waals surface area contributed by atoms with Gasteiger partial charge < -0.3 is 25.6 Å². The third kappa shape index (κ3) is 5.34. The van der Waals surface area contributed by atoms with Crippen molar-refractivity contribution in [3.63, 3.8) is 0 Å². The summed E-state index contributed by atoms with van der Waals surface area (Å²) in [5, 5.41) is 3.86. The van der Waals surface area contributed by atoms with Crippen LogP contribution in [0.2, 0.25) is 5.02 Å². The lowest BCUT2D eigenvalue weighted by molar-refractivity contribution is -0.915. The van der Waals surface area contributed by atoms with E-state index in [0.29, 0.717) is 23.3 Å². The summed E-state index contributed by atoms with van der Waals surface area (Å²) in [6, 6.07) is 13.8. The third-order valence-corrected chi connectivity index (χ3v) is 5.70. The number of hydrogen-bond donors (Lipinski definition) is 3. The monoisotopic (exact) mass is 440 g/mol. The number of ether oxygens (including phenoxy) is 1. The molecule has 1 aromatic heterocycles. The van der Waals surface area contributed by atoms with E-state index in [9.17, 15) is 0 Å². The van der Waals surface area contributed by atoms with Gasteiger partial charge in [0.15, 0.2) is 5.82 Å². The molecule has 0 unspecified atom stereocenters. The number of aromatic nitrogens is 3. The van der Waals surface area contributed by atoms with Crippen LogP contribution in [0, 0.1) is 6.92 Å². The normalized spacial score (nSPS) is 14.5. The fourth-order valence-corrected chi connectivity index (χ4v) is 3.87. The molecule has 1 aliphatic rings. The summed E-state index contributed by atoms with van der Waals surface area (Å²) in [6.45, 7) is 6.62. The molecule has 31 heavy (non-hydrogen) atoms. The Bertz CT molecular complexity index is 1040. The molecule has 1 aliphatic heterocycles. The Morgan fingerprint density at radius 3 is 2.55 bits per heavy atom. The van der Waals surface area contributed by atoms with E-state index in [4.69, 9.17) is 22.1 Å². The van der Waals surface area contributed by atoms with Crippen LogP contribution >= 0.6 is 11.6 Å². The fourth-order valence-electron chi connectivity index (χ4n) is 3.70. The van der Waals surface area contributed by atoms with E-state index in [2.05, 4.69) is 37.3 Å². The molecule has 2 aromatic carbocycles. The Hall–Kier alpha value is -3.10. The van der Waals surface area contributed by atoms with E-state index in [1.54, 1.807) is 7.11 Å². The maximum Gasteiger partial charge on any atom is 0.232 e. The number of benzene rings is 2. The highest BCUT2D eigenvalue weighted by molar-refractivity contribution is 6.30. The van der Waals surface area contributed by atoms with Crippen LogP contribution < -0.4 is 25.6 Å². The van der Waals surface area contributed by atoms with Crippen molar-refractivity contribution in [2.45, 2.75) is 13.5 Å². The van der Waals surface area contributed by atoms with Gasteiger partial charge in [-0.25, -0.2) is 0 Å². The topological polar surface area (TPSA) is 93.6 Å². The quantitative estimate of drug-likeness (QED) is 0.540. The number of aryl methyl sites for hydroxylation is 1. The minimum Gasteiger partial charge on any atom is -0.497 e. The van der Waals surface area contributed by atoms with Crippen molar-refractivity contribution in [3.05, 3.63) is 58.9 Å². The predicted molar refractivity (Wildman–Crippen MR) is 123 cm³/mol. The minimum atomic E-state index is 0.212. The van der Waals surface area contributed by atoms with Crippen LogP contribution in [0.3, 0.4) is 0 Å². The molecule has 3 aromatic rings. The molecule has 0 saturated carbocycles. The Morgan fingerprint density at radius 2 is 1.84 bits per heavy atom. The molecule has 4 N–H and O–H groups in total. The van der Waals surface area contributed by atoms with Crippen molar-refractivity contribution in [1.29, 1.82) is 0 Å². The number of nitrogens with one attached hydrogen (secondary N) is 2. The zero-order valence-electron chi connectivity index (χ0n) is 17.7. The zero-order chi connectivity index (χ0) is 21.8. The van der Waals surface area contributed by atoms with Crippen LogP contribution in [0.5, 0.6) is 5.75 Å². The van der Waals surface area contributed by atoms with Crippen molar-refractivity contribution in [2.24, 2.45) is 0 Å². The van der Waals surface area contributed by atoms with Crippen LogP contribution in [0.15, 0.2) is 42.5 Å². The maximum absolute atomic E-state index is 6.11. The average Bonchev–Trinajstić information content (AvgIpc) is 2.76. The molecule has 0 radical (unpaired) electrons. The summed E-state index contributed by atoms with van der Waals surface area (Å²) in [7, 11) is 1.68. The number of nitrogen functional groups attached to an aromatic ring is 1. The number of nitrogens with two attached hydrogens (primary N) is 1. The average molecular weight is 441 g/mol. The van der Waals surface area contributed by atoms with Gasteiger partial charge in [0.05, 0.1) is 33.3 Å². The fraction of sp³-hybridized carbons (Fsp3) is 0.318. The highest BCUT2D eigenvalue weighted by Gasteiger charge is 2.22. The van der Waals surface area contributed by atoms with Gasteiger partial charge in [-0.3, -0.25) is 0 Å². The molecule has 0 aliphatic carbocycles. The minimum absolute atomic E-state index is 0.212. The maximum atomic E-state index is 6.11. The van der Waals surface area contributed by atoms with Gasteiger partial charge in [0.1, 0.15) is 12.3 Å². The lowest BCUT2D eigenvalue weighted by Gasteiger charge is -2.33. The van der Waals surface area contributed by atoms with Crippen molar-refractivity contribution >= 4 is 34.9 Å². The standard InChI is InChI=1S/C22H26ClN7O/c1-15-3-4-16(23)13-19(15)25-22-27-20(26-21(24)28-22)14-29-9-11-30(12-10-29)17-5-7-18(31-2)8-6-17/h3-8,13H,9-12,14H2,1-2H3,(H3,24,25,26,27,28)/p+1. The summed E-state index contributed by atoms with van der Waals surface area (Å²) in [5.74, 6) is 2.20. The molecule has 9 heteroatoms. The number of piperazine rings is 1. The molecule has 1 fully saturated rings. The molecule has 0 bridgehead atoms. The number of methoxy groups -OCH3 is 1. The van der Waals surface area contributed by atoms with E-state index in [-0.39, 0.29) is 5.95 Å². The van der Waals surface area contributed by atoms with Crippen LogP contribution in [-0.4, -0.2) is 48.2 Å². The number of rotatable bonds is 6. The van der Waals surface area contributed by atoms with Gasteiger partial charge in [-0.05, 0) is 48.9 Å². The van der Waals surface area contributed by atoms with Gasteiger partial charge in [-0.2, -0.15) is 15.0 Å². The Morgan fingerprint density at radius 1 is 1.10 bits per heavy atom. The van der Waals surface area contributed by atoms with Gasteiger partial charge in [-0.15, -0.1) is 0 Å². The number of anilines is 4. The summed E-state index contributed by atoms with van der Waals surface area (Å²) in [6.07, 6.45) is 0. The van der Waals surface area contributed by atoms with Gasteiger partial charge >= 0.3 is 0 Å². The molecule has 0 amide bonds. The number of nitrogens with zero attached hydrogens (tertiary/aromatic N) is 4. The zero-order valence-corrected chi connectivity index (χ0v) is 18.5. The van der Waals surface area contributed by atoms with Crippen molar-refractivity contribution in [1.82, 2.24) is 15.0 Å². The molecule has 4 rings (SSSR count). The van der Waals surface area contributed by atoms with Gasteiger partial charge in [0, 0.05) is 16.4 Å². The second kappa shape index (κ2) is 9.36. The molecular weight excluding hydrogens is 414 g/mol. The first-order valence-electron chi connectivity index (χ1n) is 10.3. The predicted octanol–water partition coefficient (Wildman–Crippen LogP) is 2.07. The molecule has 0 atom stereocenters. The lowest BCUT2D eigenvalue weighted by Crippen LogP contribution is -3.13. The molecule has 0 spiro atoms. The first-order chi connectivity index (χ1) is 15.0. The van der Waals surface area contributed by atoms with E-state index in [0.717, 1.165) is 43.2 Å². The van der Waals surface area contributed by atoms with Gasteiger partial charge in [0.25, 0.3) is 0 Å². The van der Waals surface area contributed by atoms with Crippen molar-refractivity contribution in [2.75, 3.05) is 49.2 Å². The summed E-state index contributed by atoms with van der Waals surface area (Å²) >= 11 is 6.11. The molecule has 8 nitrogen and oxygen atoms in total. The van der Waals surface area contributed by atoms with E-state index >= 15 is 0 Å². The second-order valence-electron chi connectivity index (χ2n) is 7.63. The highest BCUT2D eigenvalue weighted by Crippen LogP contribution is 2.23. The van der Waals surface area contributed by atoms with Crippen molar-refractivity contribution in [3.8, 4) is 5.75 Å². The van der Waals surface area contributed by atoms with Crippen molar-refractivity contribution < 1.29 is 9.64 Å². The molecular formula is C22H27ClN7O+.